The lowest BCUT2D eigenvalue weighted by molar-refractivity contribution is -0.137. The Balaban J connectivity index is 0.865. The molecule has 0 radical (unpaired) electrons. The number of thioether (sulfide) groups is 1. The molecule has 1 aromatic heterocycles. The van der Waals surface area contributed by atoms with Gasteiger partial charge in [-0.05, 0) is 60.9 Å². The van der Waals surface area contributed by atoms with Crippen LogP contribution in [0, 0.1) is 5.82 Å². The lowest BCUT2D eigenvalue weighted by Gasteiger charge is -2.32. The minimum absolute atomic E-state index is 0.104. The maximum Gasteiger partial charge on any atom is 0.255 e. The fraction of sp³-hybridized carbons (Fsp3) is 0.385. The van der Waals surface area contributed by atoms with E-state index in [1.54, 1.807) is 42.0 Å². The second-order valence-corrected chi connectivity index (χ2v) is 15.6. The van der Waals surface area contributed by atoms with E-state index in [-0.39, 0.29) is 46.0 Å². The number of carbonyl (C=O) groups excluding carboxylic acids is 4. The predicted octanol–water partition coefficient (Wildman–Crippen LogP) is 7.31. The summed E-state index contributed by atoms with van der Waals surface area (Å²) in [5.74, 6) is 0.721. The number of nitrogens with one attached hydrogen (secondary N) is 2. The van der Waals surface area contributed by atoms with E-state index < -0.39 is 17.8 Å². The molecule has 4 amide bonds. The number of likely N-dealkylation sites (tertiary alicyclic amines) is 1. The van der Waals surface area contributed by atoms with Crippen molar-refractivity contribution in [3.63, 3.8) is 0 Å². The molecule has 3 aliphatic heterocycles. The number of unbranched alkanes of at least 4 members (excludes halogenated alkanes) is 2. The van der Waals surface area contributed by atoms with Gasteiger partial charge in [-0.2, -0.15) is 0 Å². The predicted molar refractivity (Wildman–Crippen MR) is 208 cm³/mol. The fourth-order valence-corrected chi connectivity index (χ4v) is 8.56. The Labute approximate surface area is 331 Å². The molecule has 7 rings (SSSR count). The molecule has 0 bridgehead atoms. The van der Waals surface area contributed by atoms with Crippen molar-refractivity contribution in [2.75, 3.05) is 31.3 Å². The standard InChI is InChI=1S/C39H39Cl2FN6O6S/c1-53-30-19-28-24(37(44-21-43-28)45-27-10-9-26(40)35(41)36(27)42)18-31(30)54-22-13-15-47(16-14-22)34(50)8-3-2-4-17-55-32-7-5-6-23-25(32)20-48(39(23)52)29-11-12-33(49)46-38(29)51/h5-7,9-10,18-19,21-22,29H,2-4,8,11-17,20H2,1H3,(H,43,44,45)(H,46,49,51). The molecule has 55 heavy (non-hydrogen) atoms. The van der Waals surface area contributed by atoms with Crippen molar-refractivity contribution in [3.8, 4) is 11.5 Å². The van der Waals surface area contributed by atoms with Crippen molar-refractivity contribution >= 4 is 81.0 Å². The van der Waals surface area contributed by atoms with Crippen molar-refractivity contribution in [2.45, 2.75) is 75.0 Å². The number of halogens is 3. The molecule has 2 saturated heterocycles. The molecule has 12 nitrogen and oxygen atoms in total. The summed E-state index contributed by atoms with van der Waals surface area (Å²) in [4.78, 5) is 63.4. The van der Waals surface area contributed by atoms with Crippen LogP contribution in [0.3, 0.4) is 0 Å². The largest absolute Gasteiger partial charge is 0.493 e. The summed E-state index contributed by atoms with van der Waals surface area (Å²) in [5, 5.41) is 5.84. The molecule has 2 fully saturated rings. The third-order valence-corrected chi connectivity index (χ3v) is 12.1. The fourth-order valence-electron chi connectivity index (χ4n) is 7.16. The van der Waals surface area contributed by atoms with Crippen LogP contribution in [0.1, 0.15) is 67.3 Å². The molecule has 288 valence electrons. The molecule has 16 heteroatoms. The van der Waals surface area contributed by atoms with Gasteiger partial charge in [0.05, 0.1) is 28.4 Å². The summed E-state index contributed by atoms with van der Waals surface area (Å²) in [6, 6.07) is 11.5. The molecule has 3 aliphatic rings. The maximum absolute atomic E-state index is 14.8. The molecule has 1 unspecified atom stereocenters. The number of anilines is 2. The van der Waals surface area contributed by atoms with Crippen LogP contribution >= 0.6 is 35.0 Å². The number of hydrogen-bond donors (Lipinski definition) is 2. The first-order chi connectivity index (χ1) is 26.6. The summed E-state index contributed by atoms with van der Waals surface area (Å²) in [5.41, 5.74) is 2.22. The number of piperidine rings is 2. The van der Waals surface area contributed by atoms with Gasteiger partial charge in [0.25, 0.3) is 5.91 Å². The minimum Gasteiger partial charge on any atom is -0.493 e. The first kappa shape index (κ1) is 38.6. The Morgan fingerprint density at radius 1 is 1.04 bits per heavy atom. The Kier molecular flexibility index (Phi) is 11.9. The molecular weight excluding hydrogens is 770 g/mol. The molecule has 4 heterocycles. The van der Waals surface area contributed by atoms with E-state index in [0.717, 1.165) is 35.5 Å². The Bertz CT molecular complexity index is 2150. The molecule has 1 atom stereocenters. The third kappa shape index (κ3) is 8.46. The van der Waals surface area contributed by atoms with Gasteiger partial charge in [-0.25, -0.2) is 14.4 Å². The number of rotatable bonds is 13. The van der Waals surface area contributed by atoms with E-state index in [9.17, 15) is 23.6 Å². The molecule has 0 spiro atoms. The van der Waals surface area contributed by atoms with Gasteiger partial charge in [0.1, 0.15) is 24.3 Å². The van der Waals surface area contributed by atoms with Crippen LogP contribution < -0.4 is 20.1 Å². The SMILES string of the molecule is COc1cc2ncnc(Nc3ccc(Cl)c(Cl)c3F)c2cc1OC1CCN(C(=O)CCCCCSc2cccc3c2CN(C2CCC(=O)NC2=O)C3=O)CC1. The number of ether oxygens (including phenoxy) is 2. The van der Waals surface area contributed by atoms with Gasteiger partial charge < -0.3 is 24.6 Å². The van der Waals surface area contributed by atoms with Crippen LogP contribution in [-0.4, -0.2) is 81.5 Å². The van der Waals surface area contributed by atoms with E-state index >= 15 is 0 Å². The van der Waals surface area contributed by atoms with Crippen molar-refractivity contribution in [1.29, 1.82) is 0 Å². The van der Waals surface area contributed by atoms with Gasteiger partial charge in [0.15, 0.2) is 17.3 Å². The maximum atomic E-state index is 14.8. The number of carbonyl (C=O) groups is 4. The zero-order valence-electron chi connectivity index (χ0n) is 30.0. The smallest absolute Gasteiger partial charge is 0.255 e. The van der Waals surface area contributed by atoms with Gasteiger partial charge in [0, 0.05) is 67.2 Å². The van der Waals surface area contributed by atoms with Crippen molar-refractivity contribution < 1.29 is 33.0 Å². The highest BCUT2D eigenvalue weighted by atomic mass is 35.5. The number of aromatic nitrogens is 2. The van der Waals surface area contributed by atoms with E-state index in [0.29, 0.717) is 79.1 Å². The molecular formula is C39H39Cl2FN6O6S. The Morgan fingerprint density at radius 3 is 2.64 bits per heavy atom. The van der Waals surface area contributed by atoms with E-state index in [1.165, 1.54) is 18.5 Å². The van der Waals surface area contributed by atoms with Gasteiger partial charge >= 0.3 is 0 Å². The lowest BCUT2D eigenvalue weighted by Crippen LogP contribution is -2.52. The molecule has 2 N–H and O–H groups in total. The summed E-state index contributed by atoms with van der Waals surface area (Å²) in [6.45, 7) is 1.51. The average Bonchev–Trinajstić information content (AvgIpc) is 3.52. The lowest BCUT2D eigenvalue weighted by atomic mass is 10.0. The molecule has 0 aliphatic carbocycles. The van der Waals surface area contributed by atoms with Crippen LogP contribution in [0.4, 0.5) is 15.9 Å². The number of amides is 4. The highest BCUT2D eigenvalue weighted by Crippen LogP contribution is 2.38. The summed E-state index contributed by atoms with van der Waals surface area (Å²) >= 11 is 13.7. The minimum atomic E-state index is -0.695. The van der Waals surface area contributed by atoms with Crippen molar-refractivity contribution in [2.24, 2.45) is 0 Å². The van der Waals surface area contributed by atoms with Crippen LogP contribution in [0.25, 0.3) is 10.9 Å². The summed E-state index contributed by atoms with van der Waals surface area (Å²) < 4.78 is 26.8. The van der Waals surface area contributed by atoms with E-state index in [4.69, 9.17) is 32.7 Å². The Morgan fingerprint density at radius 2 is 1.85 bits per heavy atom. The number of imide groups is 1. The normalized spacial score (nSPS) is 17.4. The van der Waals surface area contributed by atoms with Crippen LogP contribution in [0.5, 0.6) is 11.5 Å². The monoisotopic (exact) mass is 808 g/mol. The number of methoxy groups -OCH3 is 1. The van der Waals surface area contributed by atoms with E-state index in [1.807, 2.05) is 17.0 Å². The van der Waals surface area contributed by atoms with Gasteiger partial charge in [0.2, 0.25) is 17.7 Å². The zero-order valence-corrected chi connectivity index (χ0v) is 32.4. The van der Waals surface area contributed by atoms with Crippen LogP contribution in [-0.2, 0) is 20.9 Å². The Hall–Kier alpha value is -4.66. The van der Waals surface area contributed by atoms with Crippen LogP contribution in [0.15, 0.2) is 53.7 Å². The summed E-state index contributed by atoms with van der Waals surface area (Å²) in [6.07, 6.45) is 6.15. The second-order valence-electron chi connectivity index (χ2n) is 13.6. The number of fused-ring (bicyclic) bond motifs is 2. The first-order valence-electron chi connectivity index (χ1n) is 18.2. The van der Waals surface area contributed by atoms with Crippen molar-refractivity contribution in [1.82, 2.24) is 25.1 Å². The third-order valence-electron chi connectivity index (χ3n) is 10.1. The topological polar surface area (TPSA) is 143 Å². The van der Waals surface area contributed by atoms with Crippen molar-refractivity contribution in [3.05, 3.63) is 75.8 Å². The number of hydrogen-bond acceptors (Lipinski definition) is 10. The van der Waals surface area contributed by atoms with Gasteiger partial charge in [-0.15, -0.1) is 11.8 Å². The first-order valence-corrected chi connectivity index (χ1v) is 19.9. The van der Waals surface area contributed by atoms with E-state index in [2.05, 4.69) is 20.6 Å². The summed E-state index contributed by atoms with van der Waals surface area (Å²) in [7, 11) is 1.55. The van der Waals surface area contributed by atoms with Crippen LogP contribution in [0.2, 0.25) is 10.0 Å². The van der Waals surface area contributed by atoms with Gasteiger partial charge in [-0.3, -0.25) is 24.5 Å². The second kappa shape index (κ2) is 17.0. The molecule has 0 saturated carbocycles. The molecule has 4 aromatic rings. The highest BCUT2D eigenvalue weighted by molar-refractivity contribution is 7.99. The molecule has 3 aromatic carbocycles. The highest BCUT2D eigenvalue weighted by Gasteiger charge is 2.39. The number of benzene rings is 3. The quantitative estimate of drug-likeness (QED) is 0.0611. The number of nitrogens with zero attached hydrogens (tertiary/aromatic N) is 4. The van der Waals surface area contributed by atoms with Gasteiger partial charge in [-0.1, -0.05) is 35.7 Å². The zero-order chi connectivity index (χ0) is 38.6. The average molecular weight is 810 g/mol.